The van der Waals surface area contributed by atoms with Gasteiger partial charge in [-0.2, -0.15) is 0 Å². The van der Waals surface area contributed by atoms with E-state index in [1.54, 1.807) is 28.8 Å². The van der Waals surface area contributed by atoms with E-state index in [1.807, 2.05) is 26.0 Å². The lowest BCUT2D eigenvalue weighted by atomic mass is 10.1. The van der Waals surface area contributed by atoms with Gasteiger partial charge in [0.2, 0.25) is 0 Å². The highest BCUT2D eigenvalue weighted by Crippen LogP contribution is 2.31. The highest BCUT2D eigenvalue weighted by atomic mass is 32.2. The molecule has 1 aromatic heterocycles. The van der Waals surface area contributed by atoms with Crippen molar-refractivity contribution in [3.63, 3.8) is 0 Å². The van der Waals surface area contributed by atoms with Gasteiger partial charge < -0.3 is 19.6 Å². The maximum atomic E-state index is 12.9. The Labute approximate surface area is 185 Å². The number of aryl methyl sites for hydroxylation is 1. The molecule has 4 rings (SSSR count). The van der Waals surface area contributed by atoms with Crippen LogP contribution in [0.15, 0.2) is 59.6 Å². The fraction of sp³-hybridized carbons (Fsp3) is 0.286. The molecule has 2 aromatic carbocycles. The van der Waals surface area contributed by atoms with E-state index in [1.165, 1.54) is 29.7 Å². The van der Waals surface area contributed by atoms with Gasteiger partial charge in [0, 0.05) is 12.0 Å². The molecule has 1 unspecified atom stereocenters. The van der Waals surface area contributed by atoms with Crippen LogP contribution in [0.5, 0.6) is 11.8 Å². The van der Waals surface area contributed by atoms with Crippen molar-refractivity contribution in [3.8, 4) is 11.8 Å². The molecule has 2 heterocycles. The van der Waals surface area contributed by atoms with E-state index in [0.717, 1.165) is 5.56 Å². The maximum Gasteiger partial charge on any atom is 0.415 e. The van der Waals surface area contributed by atoms with E-state index in [4.69, 9.17) is 9.47 Å². The summed E-state index contributed by atoms with van der Waals surface area (Å²) in [6.07, 6.45) is 1.32. The number of fused-ring (bicyclic) bond motifs is 1. The van der Waals surface area contributed by atoms with Crippen molar-refractivity contribution in [2.75, 3.05) is 18.0 Å². The number of hydrogen-bond acceptors (Lipinski definition) is 7. The van der Waals surface area contributed by atoms with Gasteiger partial charge in [-0.1, -0.05) is 17.7 Å². The van der Waals surface area contributed by atoms with Crippen LogP contribution < -0.4 is 13.8 Å². The third kappa shape index (κ3) is 4.11. The number of aromatic nitrogens is 2. The van der Waals surface area contributed by atoms with E-state index >= 15 is 0 Å². The number of nitrogens with zero attached hydrogens (tertiary/aromatic N) is 4. The first kappa shape index (κ1) is 21.6. The smallest absolute Gasteiger partial charge is 0.415 e. The summed E-state index contributed by atoms with van der Waals surface area (Å²) in [6, 6.07) is 13.5. The van der Waals surface area contributed by atoms with Crippen LogP contribution in [0.3, 0.4) is 0 Å². The summed E-state index contributed by atoms with van der Waals surface area (Å²) in [5.74, 6) is 0.206. The monoisotopic (exact) mass is 458 g/mol. The van der Waals surface area contributed by atoms with Gasteiger partial charge in [-0.25, -0.2) is 8.42 Å². The zero-order valence-corrected chi connectivity index (χ0v) is 18.6. The SMILES string of the molecule is Cc1ccc(N(C)S(=O)(=O)c2ccc(OCC3(C)Cn4cc([N+](=O)[O-])nc4O3)cc2)cc1. The summed E-state index contributed by atoms with van der Waals surface area (Å²) in [4.78, 5) is 14.2. The molecule has 0 saturated heterocycles. The minimum absolute atomic E-state index is 0.142. The molecule has 168 valence electrons. The molecule has 0 bridgehead atoms. The third-order valence-electron chi connectivity index (χ3n) is 5.18. The van der Waals surface area contributed by atoms with Crippen LogP contribution in [0.4, 0.5) is 11.5 Å². The Kier molecular flexibility index (Phi) is 5.29. The van der Waals surface area contributed by atoms with Crippen LogP contribution in [-0.2, 0) is 16.6 Å². The molecule has 0 N–H and O–H groups in total. The molecule has 3 aromatic rings. The van der Waals surface area contributed by atoms with Crippen LogP contribution in [0.25, 0.3) is 0 Å². The van der Waals surface area contributed by atoms with Gasteiger partial charge in [-0.3, -0.25) is 8.87 Å². The van der Waals surface area contributed by atoms with E-state index in [-0.39, 0.29) is 23.3 Å². The van der Waals surface area contributed by atoms with Crippen molar-refractivity contribution in [2.24, 2.45) is 0 Å². The molecule has 10 nitrogen and oxygen atoms in total. The van der Waals surface area contributed by atoms with Crippen molar-refractivity contribution in [1.29, 1.82) is 0 Å². The number of hydrogen-bond donors (Lipinski definition) is 0. The Balaban J connectivity index is 1.41. The van der Waals surface area contributed by atoms with E-state index in [2.05, 4.69) is 4.98 Å². The Hall–Kier alpha value is -3.60. The lowest BCUT2D eigenvalue weighted by Crippen LogP contribution is -2.38. The fourth-order valence-corrected chi connectivity index (χ4v) is 4.55. The second-order valence-corrected chi connectivity index (χ2v) is 9.86. The highest BCUT2D eigenvalue weighted by Gasteiger charge is 2.41. The number of rotatable bonds is 7. The summed E-state index contributed by atoms with van der Waals surface area (Å²) in [5, 5.41) is 10.8. The second-order valence-electron chi connectivity index (χ2n) is 7.89. The van der Waals surface area contributed by atoms with Crippen molar-refractivity contribution in [2.45, 2.75) is 30.9 Å². The third-order valence-corrected chi connectivity index (χ3v) is 6.98. The van der Waals surface area contributed by atoms with E-state index in [9.17, 15) is 18.5 Å². The molecule has 1 aliphatic rings. The van der Waals surface area contributed by atoms with Crippen molar-refractivity contribution < 1.29 is 22.8 Å². The lowest BCUT2D eigenvalue weighted by molar-refractivity contribution is -0.389. The Morgan fingerprint density at radius 1 is 1.22 bits per heavy atom. The fourth-order valence-electron chi connectivity index (χ4n) is 3.35. The molecule has 0 amide bonds. The minimum atomic E-state index is -3.72. The van der Waals surface area contributed by atoms with E-state index in [0.29, 0.717) is 18.0 Å². The van der Waals surface area contributed by atoms with Crippen LogP contribution in [0, 0.1) is 17.0 Å². The van der Waals surface area contributed by atoms with Gasteiger partial charge in [-0.05, 0) is 55.2 Å². The zero-order valence-electron chi connectivity index (χ0n) is 17.8. The largest absolute Gasteiger partial charge is 0.489 e. The van der Waals surface area contributed by atoms with Gasteiger partial charge in [0.25, 0.3) is 10.0 Å². The van der Waals surface area contributed by atoms with Crippen LogP contribution in [0.1, 0.15) is 12.5 Å². The number of sulfonamides is 1. The number of anilines is 1. The minimum Gasteiger partial charge on any atom is -0.489 e. The summed E-state index contributed by atoms with van der Waals surface area (Å²) in [5.41, 5.74) is 0.858. The Morgan fingerprint density at radius 3 is 2.47 bits per heavy atom. The van der Waals surface area contributed by atoms with Gasteiger partial charge in [0.15, 0.2) is 5.60 Å². The number of ether oxygens (including phenoxy) is 2. The Bertz CT molecular complexity index is 1230. The normalized spacial score (nSPS) is 17.5. The first-order valence-electron chi connectivity index (χ1n) is 9.76. The molecule has 32 heavy (non-hydrogen) atoms. The van der Waals surface area contributed by atoms with Crippen molar-refractivity contribution >= 4 is 21.5 Å². The summed E-state index contributed by atoms with van der Waals surface area (Å²) in [6.45, 7) is 4.24. The second kappa shape index (κ2) is 7.83. The molecule has 0 aliphatic carbocycles. The van der Waals surface area contributed by atoms with Crippen LogP contribution >= 0.6 is 0 Å². The van der Waals surface area contributed by atoms with Gasteiger partial charge >= 0.3 is 11.8 Å². The van der Waals surface area contributed by atoms with Crippen LogP contribution in [-0.4, -0.2) is 42.1 Å². The summed E-state index contributed by atoms with van der Waals surface area (Å²) < 4.78 is 40.2. The van der Waals surface area contributed by atoms with Crippen molar-refractivity contribution in [3.05, 3.63) is 70.4 Å². The standard InChI is InChI=1S/C21H22N4O6S/c1-15-4-6-16(7-5-15)23(3)32(28,29)18-10-8-17(9-11-18)30-14-21(2)13-24-12-19(25(26)27)22-20(24)31-21/h4-12H,13-14H2,1-3H3. The molecular weight excluding hydrogens is 436 g/mol. The van der Waals surface area contributed by atoms with Crippen LogP contribution in [0.2, 0.25) is 0 Å². The summed E-state index contributed by atoms with van der Waals surface area (Å²) in [7, 11) is -2.21. The number of benzene rings is 2. The van der Waals surface area contributed by atoms with Gasteiger partial charge in [0.1, 0.15) is 18.6 Å². The predicted octanol–water partition coefficient (Wildman–Crippen LogP) is 3.15. The van der Waals surface area contributed by atoms with Crippen molar-refractivity contribution in [1.82, 2.24) is 9.55 Å². The molecule has 0 fully saturated rings. The molecule has 1 aliphatic heterocycles. The van der Waals surface area contributed by atoms with E-state index < -0.39 is 20.5 Å². The number of imidazole rings is 1. The molecule has 1 atom stereocenters. The number of nitro groups is 1. The molecule has 11 heteroatoms. The zero-order chi connectivity index (χ0) is 23.1. The summed E-state index contributed by atoms with van der Waals surface area (Å²) >= 11 is 0. The highest BCUT2D eigenvalue weighted by molar-refractivity contribution is 7.92. The average Bonchev–Trinajstić information content (AvgIpc) is 3.28. The quantitative estimate of drug-likeness (QED) is 0.394. The molecule has 0 spiro atoms. The van der Waals surface area contributed by atoms with Gasteiger partial charge in [-0.15, -0.1) is 0 Å². The van der Waals surface area contributed by atoms with Gasteiger partial charge in [0.05, 0.1) is 17.1 Å². The topological polar surface area (TPSA) is 117 Å². The predicted molar refractivity (Wildman–Crippen MR) is 117 cm³/mol. The first-order valence-corrected chi connectivity index (χ1v) is 11.2. The maximum absolute atomic E-state index is 12.9. The molecule has 0 radical (unpaired) electrons. The lowest BCUT2D eigenvalue weighted by Gasteiger charge is -2.22. The average molecular weight is 458 g/mol. The Morgan fingerprint density at radius 2 is 1.88 bits per heavy atom. The molecule has 0 saturated carbocycles. The first-order chi connectivity index (χ1) is 15.1. The molecular formula is C21H22N4O6S.